The van der Waals surface area contributed by atoms with Gasteiger partial charge in [-0.15, -0.1) is 0 Å². The number of carbonyl (C=O) groups is 1. The molecule has 2 aromatic rings. The van der Waals surface area contributed by atoms with E-state index in [1.54, 1.807) is 6.08 Å². The van der Waals surface area contributed by atoms with Gasteiger partial charge in [-0.05, 0) is 43.5 Å². The first kappa shape index (κ1) is 15.0. The van der Waals surface area contributed by atoms with Crippen molar-refractivity contribution < 1.29 is 4.79 Å². The smallest absolute Gasteiger partial charge is 0.244 e. The quantitative estimate of drug-likeness (QED) is 0.835. The highest BCUT2D eigenvalue weighted by atomic mass is 16.1. The Hall–Kier alpha value is -2.35. The second-order valence-corrected chi connectivity index (χ2v) is 5.33. The van der Waals surface area contributed by atoms with E-state index in [1.807, 2.05) is 43.3 Å². The normalized spacial score (nSPS) is 12.3. The maximum Gasteiger partial charge on any atom is 0.244 e. The SMILES string of the molecule is Cc1ccc([C@H](C)NC(=O)/C=C/c2ccccc2)c(C)c1. The zero-order valence-electron chi connectivity index (χ0n) is 12.8. The van der Waals surface area contributed by atoms with Gasteiger partial charge >= 0.3 is 0 Å². The maximum absolute atomic E-state index is 12.0. The molecule has 0 saturated carbocycles. The number of hydrogen-bond acceptors (Lipinski definition) is 1. The van der Waals surface area contributed by atoms with Gasteiger partial charge in [0.05, 0.1) is 6.04 Å². The largest absolute Gasteiger partial charge is 0.346 e. The molecule has 2 rings (SSSR count). The Labute approximate surface area is 126 Å². The van der Waals surface area contributed by atoms with Crippen molar-refractivity contribution in [2.24, 2.45) is 0 Å². The van der Waals surface area contributed by atoms with Gasteiger partial charge in [-0.3, -0.25) is 4.79 Å². The molecule has 1 N–H and O–H groups in total. The summed E-state index contributed by atoms with van der Waals surface area (Å²) in [6.07, 6.45) is 3.40. The Morgan fingerprint density at radius 2 is 1.81 bits per heavy atom. The average molecular weight is 279 g/mol. The van der Waals surface area contributed by atoms with Gasteiger partial charge < -0.3 is 5.32 Å². The molecule has 0 spiro atoms. The van der Waals surface area contributed by atoms with E-state index in [9.17, 15) is 4.79 Å². The summed E-state index contributed by atoms with van der Waals surface area (Å²) < 4.78 is 0. The summed E-state index contributed by atoms with van der Waals surface area (Å²) in [5, 5.41) is 3.00. The molecule has 1 amide bonds. The third-order valence-electron chi connectivity index (χ3n) is 3.48. The fraction of sp³-hybridized carbons (Fsp3) is 0.211. The maximum atomic E-state index is 12.0. The van der Waals surface area contributed by atoms with Crippen LogP contribution in [0.5, 0.6) is 0 Å². The molecule has 2 aromatic carbocycles. The van der Waals surface area contributed by atoms with Crippen LogP contribution >= 0.6 is 0 Å². The van der Waals surface area contributed by atoms with E-state index in [1.165, 1.54) is 11.1 Å². The van der Waals surface area contributed by atoms with Crippen molar-refractivity contribution in [3.05, 3.63) is 76.9 Å². The highest BCUT2D eigenvalue weighted by Crippen LogP contribution is 2.18. The Kier molecular flexibility index (Phi) is 4.94. The predicted molar refractivity (Wildman–Crippen MR) is 87.9 cm³/mol. The van der Waals surface area contributed by atoms with Gasteiger partial charge in [-0.2, -0.15) is 0 Å². The van der Waals surface area contributed by atoms with Crippen LogP contribution in [-0.2, 0) is 4.79 Å². The predicted octanol–water partition coefficient (Wildman–Crippen LogP) is 4.19. The Morgan fingerprint density at radius 1 is 1.10 bits per heavy atom. The van der Waals surface area contributed by atoms with Crippen LogP contribution in [0.15, 0.2) is 54.6 Å². The lowest BCUT2D eigenvalue weighted by Gasteiger charge is -2.16. The molecular weight excluding hydrogens is 258 g/mol. The molecule has 0 aliphatic rings. The zero-order valence-corrected chi connectivity index (χ0v) is 12.8. The van der Waals surface area contributed by atoms with Crippen molar-refractivity contribution in [2.75, 3.05) is 0 Å². The van der Waals surface area contributed by atoms with E-state index in [4.69, 9.17) is 0 Å². The average Bonchev–Trinajstić information content (AvgIpc) is 2.46. The highest BCUT2D eigenvalue weighted by molar-refractivity contribution is 5.91. The molecule has 0 aromatic heterocycles. The number of nitrogens with one attached hydrogen (secondary N) is 1. The van der Waals surface area contributed by atoms with Crippen LogP contribution < -0.4 is 5.32 Å². The Morgan fingerprint density at radius 3 is 2.48 bits per heavy atom. The molecule has 0 unspecified atom stereocenters. The number of benzene rings is 2. The monoisotopic (exact) mass is 279 g/mol. The third kappa shape index (κ3) is 4.32. The van der Waals surface area contributed by atoms with Crippen molar-refractivity contribution in [1.82, 2.24) is 5.32 Å². The van der Waals surface area contributed by atoms with Gasteiger partial charge in [0.25, 0.3) is 0 Å². The van der Waals surface area contributed by atoms with E-state index in [2.05, 4.69) is 37.4 Å². The number of aryl methyl sites for hydroxylation is 2. The summed E-state index contributed by atoms with van der Waals surface area (Å²) in [6.45, 7) is 6.15. The second kappa shape index (κ2) is 6.89. The first-order valence-electron chi connectivity index (χ1n) is 7.17. The number of hydrogen-bond donors (Lipinski definition) is 1. The zero-order chi connectivity index (χ0) is 15.2. The molecule has 2 heteroatoms. The van der Waals surface area contributed by atoms with Crippen LogP contribution in [0.3, 0.4) is 0 Å². The second-order valence-electron chi connectivity index (χ2n) is 5.33. The van der Waals surface area contributed by atoms with Crippen molar-refractivity contribution >= 4 is 12.0 Å². The first-order valence-corrected chi connectivity index (χ1v) is 7.17. The summed E-state index contributed by atoms with van der Waals surface area (Å²) in [7, 11) is 0. The lowest BCUT2D eigenvalue weighted by atomic mass is 10.0. The van der Waals surface area contributed by atoms with Gasteiger partial charge in [0, 0.05) is 6.08 Å². The number of rotatable bonds is 4. The van der Waals surface area contributed by atoms with Crippen LogP contribution in [0.1, 0.15) is 35.2 Å². The molecule has 2 nitrogen and oxygen atoms in total. The van der Waals surface area contributed by atoms with Crippen molar-refractivity contribution in [1.29, 1.82) is 0 Å². The molecule has 0 saturated heterocycles. The van der Waals surface area contributed by atoms with E-state index >= 15 is 0 Å². The summed E-state index contributed by atoms with van der Waals surface area (Å²) in [6, 6.07) is 16.1. The fourth-order valence-corrected chi connectivity index (χ4v) is 2.39. The van der Waals surface area contributed by atoms with Gasteiger partial charge in [-0.1, -0.05) is 54.1 Å². The molecule has 21 heavy (non-hydrogen) atoms. The molecule has 0 heterocycles. The highest BCUT2D eigenvalue weighted by Gasteiger charge is 2.09. The molecule has 0 aliphatic carbocycles. The third-order valence-corrected chi connectivity index (χ3v) is 3.48. The standard InChI is InChI=1S/C19H21NO/c1-14-9-11-18(15(2)13-14)16(3)20-19(21)12-10-17-7-5-4-6-8-17/h4-13,16H,1-3H3,(H,20,21)/b12-10+/t16-/m0/s1. The van der Waals surface area contributed by atoms with Crippen molar-refractivity contribution in [3.8, 4) is 0 Å². The first-order chi connectivity index (χ1) is 10.1. The minimum Gasteiger partial charge on any atom is -0.346 e. The van der Waals surface area contributed by atoms with Gasteiger partial charge in [0.1, 0.15) is 0 Å². The minimum absolute atomic E-state index is 0.00137. The van der Waals surface area contributed by atoms with Crippen molar-refractivity contribution in [2.45, 2.75) is 26.8 Å². The van der Waals surface area contributed by atoms with E-state index in [-0.39, 0.29) is 11.9 Å². The lowest BCUT2D eigenvalue weighted by molar-refractivity contribution is -0.117. The van der Waals surface area contributed by atoms with Crippen molar-refractivity contribution in [3.63, 3.8) is 0 Å². The van der Waals surface area contributed by atoms with Gasteiger partial charge in [0.2, 0.25) is 5.91 Å². The van der Waals surface area contributed by atoms with Crippen LogP contribution in [0, 0.1) is 13.8 Å². The Balaban J connectivity index is 2.00. The fourth-order valence-electron chi connectivity index (χ4n) is 2.39. The minimum atomic E-state index is -0.0775. The van der Waals surface area contributed by atoms with Crippen LogP contribution in [0.25, 0.3) is 6.08 Å². The molecule has 0 radical (unpaired) electrons. The number of amides is 1. The topological polar surface area (TPSA) is 29.1 Å². The summed E-state index contributed by atoms with van der Waals surface area (Å²) in [5.74, 6) is -0.0775. The van der Waals surface area contributed by atoms with Crippen LogP contribution in [0.2, 0.25) is 0 Å². The molecule has 0 bridgehead atoms. The Bertz CT molecular complexity index is 644. The van der Waals surface area contributed by atoms with E-state index in [0.29, 0.717) is 0 Å². The lowest BCUT2D eigenvalue weighted by Crippen LogP contribution is -2.25. The van der Waals surface area contributed by atoms with Gasteiger partial charge in [-0.25, -0.2) is 0 Å². The summed E-state index contributed by atoms with van der Waals surface area (Å²) >= 11 is 0. The molecule has 0 aliphatic heterocycles. The van der Waals surface area contributed by atoms with Gasteiger partial charge in [0.15, 0.2) is 0 Å². The van der Waals surface area contributed by atoms with E-state index in [0.717, 1.165) is 11.1 Å². The molecule has 108 valence electrons. The molecule has 0 fully saturated rings. The van der Waals surface area contributed by atoms with Crippen LogP contribution in [-0.4, -0.2) is 5.91 Å². The van der Waals surface area contributed by atoms with E-state index < -0.39 is 0 Å². The van der Waals surface area contributed by atoms with Crippen LogP contribution in [0.4, 0.5) is 0 Å². The summed E-state index contributed by atoms with van der Waals surface area (Å²) in [5.41, 5.74) is 4.61. The number of carbonyl (C=O) groups excluding carboxylic acids is 1. The molecular formula is C19H21NO. The molecule has 1 atom stereocenters. The summed E-state index contributed by atoms with van der Waals surface area (Å²) in [4.78, 5) is 12.0.